The van der Waals surface area contributed by atoms with Gasteiger partial charge in [-0.25, -0.2) is 0 Å². The summed E-state index contributed by atoms with van der Waals surface area (Å²) in [5.41, 5.74) is 2.49. The molecular weight excluding hydrogens is 358 g/mol. The molecule has 138 valence electrons. The maximum Gasteiger partial charge on any atom is 0.251 e. The van der Waals surface area contributed by atoms with Crippen molar-refractivity contribution < 1.29 is 9.59 Å². The van der Waals surface area contributed by atoms with Gasteiger partial charge < -0.3 is 15.2 Å². The number of aryl methyl sites for hydroxylation is 1. The van der Waals surface area contributed by atoms with E-state index in [9.17, 15) is 9.59 Å². The van der Waals surface area contributed by atoms with Crippen LogP contribution in [0, 0.1) is 0 Å². The monoisotopic (exact) mass is 379 g/mol. The Bertz CT molecular complexity index is 1010. The number of nitrogens with zero attached hydrogens (tertiary/aromatic N) is 1. The van der Waals surface area contributed by atoms with Crippen LogP contribution >= 0.6 is 11.8 Å². The molecule has 0 saturated carbocycles. The number of hydrogen-bond acceptors (Lipinski definition) is 3. The highest BCUT2D eigenvalue weighted by molar-refractivity contribution is 8.00. The molecule has 3 aromatic rings. The van der Waals surface area contributed by atoms with Gasteiger partial charge in [0, 0.05) is 35.3 Å². The molecule has 27 heavy (non-hydrogen) atoms. The Hall–Kier alpha value is -2.73. The molecule has 1 unspecified atom stereocenters. The van der Waals surface area contributed by atoms with Crippen LogP contribution in [0.3, 0.4) is 0 Å². The first-order chi connectivity index (χ1) is 13.1. The SMILES string of the molecule is CC1Sc2ccc(C(=O)NCCCn3ccc4ccccc43)cc2NC1=O. The van der Waals surface area contributed by atoms with Crippen LogP contribution in [0.1, 0.15) is 23.7 Å². The van der Waals surface area contributed by atoms with Crippen LogP contribution in [0.15, 0.2) is 59.6 Å². The van der Waals surface area contributed by atoms with Crippen LogP contribution in [-0.4, -0.2) is 28.2 Å². The van der Waals surface area contributed by atoms with E-state index >= 15 is 0 Å². The highest BCUT2D eigenvalue weighted by Gasteiger charge is 2.23. The number of carbonyl (C=O) groups excluding carboxylic acids is 2. The van der Waals surface area contributed by atoms with Crippen LogP contribution in [0.25, 0.3) is 10.9 Å². The number of benzene rings is 2. The molecular formula is C21H21N3O2S. The van der Waals surface area contributed by atoms with Crippen LogP contribution in [0.2, 0.25) is 0 Å². The molecule has 0 saturated heterocycles. The fraction of sp³-hybridized carbons (Fsp3) is 0.238. The molecule has 0 radical (unpaired) electrons. The van der Waals surface area contributed by atoms with Gasteiger partial charge in [-0.2, -0.15) is 0 Å². The highest BCUT2D eigenvalue weighted by atomic mass is 32.2. The van der Waals surface area contributed by atoms with Gasteiger partial charge >= 0.3 is 0 Å². The molecule has 2 heterocycles. The molecule has 0 aliphatic carbocycles. The third kappa shape index (κ3) is 3.71. The van der Waals surface area contributed by atoms with E-state index in [-0.39, 0.29) is 17.1 Å². The van der Waals surface area contributed by atoms with E-state index in [2.05, 4.69) is 39.6 Å². The second kappa shape index (κ2) is 7.48. The van der Waals surface area contributed by atoms with Crippen molar-refractivity contribution >= 4 is 40.2 Å². The first-order valence-corrected chi connectivity index (χ1v) is 9.93. The number of aromatic nitrogens is 1. The van der Waals surface area contributed by atoms with E-state index in [4.69, 9.17) is 0 Å². The Morgan fingerprint density at radius 1 is 1.22 bits per heavy atom. The minimum absolute atomic E-state index is 0.0241. The fourth-order valence-electron chi connectivity index (χ4n) is 3.24. The van der Waals surface area contributed by atoms with Gasteiger partial charge in [0.2, 0.25) is 5.91 Å². The molecule has 6 heteroatoms. The molecule has 1 aromatic heterocycles. The summed E-state index contributed by atoms with van der Waals surface area (Å²) in [4.78, 5) is 25.2. The molecule has 5 nitrogen and oxygen atoms in total. The predicted octanol–water partition coefficient (Wildman–Crippen LogP) is 3.89. The van der Waals surface area contributed by atoms with Crippen LogP contribution in [0.5, 0.6) is 0 Å². The summed E-state index contributed by atoms with van der Waals surface area (Å²) in [6, 6.07) is 15.8. The zero-order valence-corrected chi connectivity index (χ0v) is 15.9. The first-order valence-electron chi connectivity index (χ1n) is 9.05. The second-order valence-electron chi connectivity index (χ2n) is 6.64. The number of para-hydroxylation sites is 1. The number of anilines is 1. The third-order valence-corrected chi connectivity index (χ3v) is 5.89. The van der Waals surface area contributed by atoms with E-state index in [0.29, 0.717) is 12.1 Å². The molecule has 1 aliphatic heterocycles. The normalized spacial score (nSPS) is 16.0. The van der Waals surface area contributed by atoms with Gasteiger partial charge in [0.1, 0.15) is 0 Å². The van der Waals surface area contributed by atoms with E-state index in [1.165, 1.54) is 22.7 Å². The Balaban J connectivity index is 1.33. The number of hydrogen-bond donors (Lipinski definition) is 2. The molecule has 2 aromatic carbocycles. The summed E-state index contributed by atoms with van der Waals surface area (Å²) in [6.45, 7) is 3.32. The summed E-state index contributed by atoms with van der Waals surface area (Å²) in [6.07, 6.45) is 2.93. The minimum Gasteiger partial charge on any atom is -0.352 e. The van der Waals surface area contributed by atoms with Crippen LogP contribution < -0.4 is 10.6 Å². The average Bonchev–Trinajstić information content (AvgIpc) is 3.09. The van der Waals surface area contributed by atoms with Gasteiger partial charge in [0.05, 0.1) is 10.9 Å². The topological polar surface area (TPSA) is 63.1 Å². The van der Waals surface area contributed by atoms with Gasteiger partial charge in [-0.15, -0.1) is 11.8 Å². The Kier molecular flexibility index (Phi) is 4.90. The van der Waals surface area contributed by atoms with Gasteiger partial charge in [-0.05, 0) is 49.1 Å². The van der Waals surface area contributed by atoms with Crippen molar-refractivity contribution in [3.05, 3.63) is 60.3 Å². The van der Waals surface area contributed by atoms with Crippen molar-refractivity contribution in [2.24, 2.45) is 0 Å². The molecule has 2 amide bonds. The van der Waals surface area contributed by atoms with Crippen LogP contribution in [-0.2, 0) is 11.3 Å². The molecule has 1 aliphatic rings. The average molecular weight is 379 g/mol. The van der Waals surface area contributed by atoms with Gasteiger partial charge in [-0.1, -0.05) is 18.2 Å². The summed E-state index contributed by atoms with van der Waals surface area (Å²) >= 11 is 1.51. The predicted molar refractivity (Wildman–Crippen MR) is 109 cm³/mol. The zero-order valence-electron chi connectivity index (χ0n) is 15.1. The summed E-state index contributed by atoms with van der Waals surface area (Å²) < 4.78 is 2.20. The van der Waals surface area contributed by atoms with Crippen molar-refractivity contribution in [1.82, 2.24) is 9.88 Å². The van der Waals surface area contributed by atoms with Gasteiger partial charge in [0.25, 0.3) is 5.91 Å². The quantitative estimate of drug-likeness (QED) is 0.661. The largest absolute Gasteiger partial charge is 0.352 e. The lowest BCUT2D eigenvalue weighted by molar-refractivity contribution is -0.115. The molecule has 0 fully saturated rings. The maximum atomic E-state index is 12.4. The van der Waals surface area contributed by atoms with Crippen molar-refractivity contribution in [3.8, 4) is 0 Å². The lowest BCUT2D eigenvalue weighted by Crippen LogP contribution is -2.28. The third-order valence-electron chi connectivity index (χ3n) is 4.71. The fourth-order valence-corrected chi connectivity index (χ4v) is 4.17. The zero-order chi connectivity index (χ0) is 18.8. The summed E-state index contributed by atoms with van der Waals surface area (Å²) in [5, 5.41) is 6.95. The number of nitrogens with one attached hydrogen (secondary N) is 2. The maximum absolute atomic E-state index is 12.4. The second-order valence-corrected chi connectivity index (χ2v) is 8.02. The summed E-state index contributed by atoms with van der Waals surface area (Å²) in [7, 11) is 0. The molecule has 0 spiro atoms. The summed E-state index contributed by atoms with van der Waals surface area (Å²) in [5.74, 6) is -0.142. The standard InChI is InChI=1S/C21H21N3O2S/c1-14-20(25)23-17-13-16(7-8-19(17)27-14)21(26)22-10-4-11-24-12-9-15-5-2-3-6-18(15)24/h2-3,5-9,12-14H,4,10-11H2,1H3,(H,22,26)(H,23,25). The van der Waals surface area contributed by atoms with Crippen molar-refractivity contribution in [2.75, 3.05) is 11.9 Å². The first kappa shape index (κ1) is 17.7. The van der Waals surface area contributed by atoms with E-state index in [1.807, 2.05) is 31.2 Å². The Morgan fingerprint density at radius 3 is 2.96 bits per heavy atom. The number of thioether (sulfide) groups is 1. The van der Waals surface area contributed by atoms with Gasteiger partial charge in [0.15, 0.2) is 0 Å². The molecule has 0 bridgehead atoms. The van der Waals surface area contributed by atoms with Crippen LogP contribution in [0.4, 0.5) is 5.69 Å². The Labute approximate surface area is 162 Å². The number of amides is 2. The van der Waals surface area contributed by atoms with E-state index in [0.717, 1.165) is 23.5 Å². The number of fused-ring (bicyclic) bond motifs is 2. The number of carbonyl (C=O) groups is 2. The van der Waals surface area contributed by atoms with E-state index in [1.54, 1.807) is 6.07 Å². The van der Waals surface area contributed by atoms with Crippen molar-refractivity contribution in [2.45, 2.75) is 30.0 Å². The highest BCUT2D eigenvalue weighted by Crippen LogP contribution is 2.35. The van der Waals surface area contributed by atoms with Crippen molar-refractivity contribution in [1.29, 1.82) is 0 Å². The van der Waals surface area contributed by atoms with E-state index < -0.39 is 0 Å². The lowest BCUT2D eigenvalue weighted by atomic mass is 10.1. The number of rotatable bonds is 5. The lowest BCUT2D eigenvalue weighted by Gasteiger charge is -2.21. The van der Waals surface area contributed by atoms with Crippen molar-refractivity contribution in [3.63, 3.8) is 0 Å². The molecule has 2 N–H and O–H groups in total. The minimum atomic E-state index is -0.118. The smallest absolute Gasteiger partial charge is 0.251 e. The Morgan fingerprint density at radius 2 is 2.07 bits per heavy atom. The molecule has 1 atom stereocenters. The van der Waals surface area contributed by atoms with Gasteiger partial charge in [-0.3, -0.25) is 9.59 Å². The molecule has 4 rings (SSSR count).